The Labute approximate surface area is 150 Å². The number of carbonyl (C=O) groups is 3. The average Bonchev–Trinajstić information content (AvgIpc) is 2.85. The van der Waals surface area contributed by atoms with Crippen LogP contribution < -0.4 is 10.2 Å². The third kappa shape index (κ3) is 4.47. The molecule has 0 saturated carbocycles. The van der Waals surface area contributed by atoms with Crippen LogP contribution in [-0.2, 0) is 14.3 Å². The number of hydrogen-bond acceptors (Lipinski definition) is 5. The number of imide groups is 1. The van der Waals surface area contributed by atoms with E-state index in [1.165, 1.54) is 11.0 Å². The molecule has 25 heavy (non-hydrogen) atoms. The molecule has 0 aromatic heterocycles. The predicted octanol–water partition coefficient (Wildman–Crippen LogP) is 0.385. The molecule has 1 aromatic rings. The van der Waals surface area contributed by atoms with Gasteiger partial charge in [0.1, 0.15) is 13.1 Å². The maximum atomic E-state index is 12.4. The summed E-state index contributed by atoms with van der Waals surface area (Å²) in [6, 6.07) is 7.34. The van der Waals surface area contributed by atoms with Gasteiger partial charge >= 0.3 is 0 Å². The van der Waals surface area contributed by atoms with Gasteiger partial charge in [0.05, 0.1) is 18.1 Å². The summed E-state index contributed by atoms with van der Waals surface area (Å²) in [4.78, 5) is 39.1. The lowest BCUT2D eigenvalue weighted by atomic mass is 10.2. The van der Waals surface area contributed by atoms with Gasteiger partial charge in [-0.3, -0.25) is 14.4 Å². The first-order chi connectivity index (χ1) is 12.0. The lowest BCUT2D eigenvalue weighted by Gasteiger charge is -2.26. The number of aryl methyl sites for hydroxylation is 1. The van der Waals surface area contributed by atoms with E-state index in [1.807, 2.05) is 19.1 Å². The van der Waals surface area contributed by atoms with Crippen molar-refractivity contribution in [3.8, 4) is 0 Å². The Bertz CT molecular complexity index is 711. The van der Waals surface area contributed by atoms with Gasteiger partial charge in [-0.1, -0.05) is 17.7 Å². The van der Waals surface area contributed by atoms with Gasteiger partial charge in [0.2, 0.25) is 5.91 Å². The number of amides is 3. The van der Waals surface area contributed by atoms with Crippen LogP contribution in [0.25, 0.3) is 0 Å². The first-order valence-corrected chi connectivity index (χ1v) is 8.89. The van der Waals surface area contributed by atoms with Crippen molar-refractivity contribution in [2.75, 3.05) is 38.3 Å². The molecular weight excluding hydrogens is 342 g/mol. The smallest absolute Gasteiger partial charge is 0.298 e. The van der Waals surface area contributed by atoms with Crippen LogP contribution in [0.2, 0.25) is 0 Å². The number of nitrogens with one attached hydrogen (secondary N) is 2. The van der Waals surface area contributed by atoms with E-state index in [0.29, 0.717) is 25.6 Å². The van der Waals surface area contributed by atoms with Gasteiger partial charge in [-0.15, -0.1) is 0 Å². The van der Waals surface area contributed by atoms with Crippen LogP contribution in [-0.4, -0.2) is 54.9 Å². The molecule has 3 amide bonds. The summed E-state index contributed by atoms with van der Waals surface area (Å²) in [6.45, 7) is 5.03. The minimum absolute atomic E-state index is 0.155. The normalized spacial score (nSPS) is 20.4. The Morgan fingerprint density at radius 3 is 2.64 bits per heavy atom. The molecule has 2 aliphatic rings. The zero-order valence-corrected chi connectivity index (χ0v) is 14.7. The van der Waals surface area contributed by atoms with E-state index in [9.17, 15) is 14.4 Å². The molecule has 0 atom stereocenters. The Kier molecular flexibility index (Phi) is 5.52. The van der Waals surface area contributed by atoms with Crippen molar-refractivity contribution < 1.29 is 24.0 Å². The minimum atomic E-state index is -0.423. The van der Waals surface area contributed by atoms with Gasteiger partial charge in [0, 0.05) is 11.8 Å². The Balaban J connectivity index is 1.62. The Hall–Kier alpha value is -2.16. The fourth-order valence-electron chi connectivity index (χ4n) is 2.61. The summed E-state index contributed by atoms with van der Waals surface area (Å²) in [7, 11) is 0. The average molecular weight is 362 g/mol. The maximum absolute atomic E-state index is 12.4. The number of benzene rings is 1. The van der Waals surface area contributed by atoms with Gasteiger partial charge in [-0.05, 0) is 30.8 Å². The first-order valence-electron chi connectivity index (χ1n) is 8.07. The van der Waals surface area contributed by atoms with Crippen molar-refractivity contribution in [2.45, 2.75) is 6.92 Å². The molecular formula is C17H20N3O4S+. The number of ether oxygens (including phenoxy) is 1. The van der Waals surface area contributed by atoms with Crippen molar-refractivity contribution in [1.29, 1.82) is 0 Å². The van der Waals surface area contributed by atoms with Crippen LogP contribution in [0.3, 0.4) is 0 Å². The quantitative estimate of drug-likeness (QED) is 0.758. The van der Waals surface area contributed by atoms with Crippen LogP contribution in [0, 0.1) is 6.92 Å². The van der Waals surface area contributed by atoms with Crippen LogP contribution in [0.15, 0.2) is 35.2 Å². The highest BCUT2D eigenvalue weighted by Crippen LogP contribution is 2.29. The molecule has 0 spiro atoms. The molecule has 2 N–H and O–H groups in total. The summed E-state index contributed by atoms with van der Waals surface area (Å²) in [6.07, 6.45) is 1.19. The number of nitrogens with zero attached hydrogens (tertiary/aromatic N) is 1. The molecule has 132 valence electrons. The second-order valence-corrected chi connectivity index (χ2v) is 6.98. The number of anilines is 1. The van der Waals surface area contributed by atoms with Crippen molar-refractivity contribution in [1.82, 2.24) is 4.90 Å². The summed E-state index contributed by atoms with van der Waals surface area (Å²) in [5, 5.41) is 2.36. The molecule has 2 aliphatic heterocycles. The largest absolute Gasteiger partial charge is 0.370 e. The Morgan fingerprint density at radius 1 is 1.28 bits per heavy atom. The highest BCUT2D eigenvalue weighted by atomic mass is 32.2. The molecule has 0 radical (unpaired) electrons. The van der Waals surface area contributed by atoms with Crippen molar-refractivity contribution in [3.05, 3.63) is 40.8 Å². The summed E-state index contributed by atoms with van der Waals surface area (Å²) in [5.74, 6) is -0.832. The SMILES string of the molecule is Cc1ccc(NC(=O)/C=C2\SC(=O)N(C[NH+]3CCOCC3)C2=O)cc1. The Morgan fingerprint density at radius 2 is 1.96 bits per heavy atom. The maximum Gasteiger partial charge on any atom is 0.298 e. The van der Waals surface area contributed by atoms with E-state index in [0.717, 1.165) is 35.3 Å². The van der Waals surface area contributed by atoms with Crippen molar-refractivity contribution in [3.63, 3.8) is 0 Å². The minimum Gasteiger partial charge on any atom is -0.370 e. The number of carbonyl (C=O) groups excluding carboxylic acids is 3. The second kappa shape index (κ2) is 7.81. The number of rotatable bonds is 4. The van der Waals surface area contributed by atoms with Crippen LogP contribution in [0.4, 0.5) is 10.5 Å². The zero-order chi connectivity index (χ0) is 17.8. The van der Waals surface area contributed by atoms with Crippen molar-refractivity contribution in [2.24, 2.45) is 0 Å². The van der Waals surface area contributed by atoms with Crippen LogP contribution in [0.1, 0.15) is 5.56 Å². The van der Waals surface area contributed by atoms with E-state index in [2.05, 4.69) is 5.32 Å². The summed E-state index contributed by atoms with van der Waals surface area (Å²) in [5.41, 5.74) is 1.73. The van der Waals surface area contributed by atoms with Crippen LogP contribution >= 0.6 is 11.8 Å². The molecule has 1 aromatic carbocycles. The third-order valence-electron chi connectivity index (χ3n) is 4.04. The van der Waals surface area contributed by atoms with Gasteiger partial charge < -0.3 is 15.0 Å². The summed E-state index contributed by atoms with van der Waals surface area (Å²) < 4.78 is 5.28. The van der Waals surface area contributed by atoms with E-state index >= 15 is 0 Å². The number of morpholine rings is 1. The number of quaternary nitrogens is 1. The first kappa shape index (κ1) is 17.7. The predicted molar refractivity (Wildman–Crippen MR) is 94.1 cm³/mol. The molecule has 3 rings (SSSR count). The fraction of sp³-hybridized carbons (Fsp3) is 0.353. The monoisotopic (exact) mass is 362 g/mol. The molecule has 0 aliphatic carbocycles. The second-order valence-electron chi connectivity index (χ2n) is 5.99. The molecule has 7 nitrogen and oxygen atoms in total. The fourth-order valence-corrected chi connectivity index (χ4v) is 3.42. The molecule has 0 unspecified atom stereocenters. The van der Waals surface area contributed by atoms with E-state index in [4.69, 9.17) is 4.74 Å². The molecule has 2 fully saturated rings. The van der Waals surface area contributed by atoms with E-state index < -0.39 is 11.8 Å². The molecule has 2 saturated heterocycles. The molecule has 0 bridgehead atoms. The third-order valence-corrected chi connectivity index (χ3v) is 4.94. The zero-order valence-electron chi connectivity index (χ0n) is 13.9. The van der Waals surface area contributed by atoms with Crippen LogP contribution in [0.5, 0.6) is 0 Å². The molecule has 2 heterocycles. The highest BCUT2D eigenvalue weighted by Gasteiger charge is 2.38. The highest BCUT2D eigenvalue weighted by molar-refractivity contribution is 8.18. The van der Waals surface area contributed by atoms with Gasteiger partial charge in [-0.2, -0.15) is 0 Å². The topological polar surface area (TPSA) is 80.2 Å². The standard InChI is InChI=1S/C17H19N3O4S/c1-12-2-4-13(5-3-12)18-15(21)10-14-16(22)20(17(23)25-14)11-19-6-8-24-9-7-19/h2-5,10H,6-9,11H2,1H3,(H,18,21)/p+1/b14-10-. The van der Waals surface area contributed by atoms with E-state index in [1.54, 1.807) is 12.1 Å². The number of thioether (sulfide) groups is 1. The number of hydrogen-bond donors (Lipinski definition) is 2. The lowest BCUT2D eigenvalue weighted by molar-refractivity contribution is -0.915. The van der Waals surface area contributed by atoms with E-state index in [-0.39, 0.29) is 10.1 Å². The summed E-state index contributed by atoms with van der Waals surface area (Å²) >= 11 is 0.805. The van der Waals surface area contributed by atoms with Gasteiger partial charge in [0.15, 0.2) is 6.67 Å². The lowest BCUT2D eigenvalue weighted by Crippen LogP contribution is -3.15. The van der Waals surface area contributed by atoms with Crippen molar-refractivity contribution >= 4 is 34.5 Å². The van der Waals surface area contributed by atoms with Gasteiger partial charge in [-0.25, -0.2) is 4.90 Å². The van der Waals surface area contributed by atoms with Gasteiger partial charge in [0.25, 0.3) is 11.1 Å². The molecule has 8 heteroatoms.